The van der Waals surface area contributed by atoms with Gasteiger partial charge < -0.3 is 9.84 Å². The fourth-order valence-electron chi connectivity index (χ4n) is 4.39. The van der Waals surface area contributed by atoms with Crippen LogP contribution in [0.4, 0.5) is 4.39 Å². The highest BCUT2D eigenvalue weighted by molar-refractivity contribution is 5.38. The first-order valence-corrected chi connectivity index (χ1v) is 11.1. The van der Waals surface area contributed by atoms with Gasteiger partial charge in [0.2, 0.25) is 0 Å². The Morgan fingerprint density at radius 2 is 1.55 bits per heavy atom. The molecule has 0 bridgehead atoms. The van der Waals surface area contributed by atoms with Crippen molar-refractivity contribution in [3.8, 4) is 11.5 Å². The van der Waals surface area contributed by atoms with Crippen molar-refractivity contribution in [3.05, 3.63) is 95.3 Å². The Morgan fingerprint density at radius 3 is 2.16 bits per heavy atom. The SMILES string of the molecule is CCC(Oc1ccccc1O)N1CCC(c2ccc(Cc3ccc(F)cc3)cc2)CC1. The number of likely N-dealkylation sites (tertiary alicyclic amines) is 1. The first-order chi connectivity index (χ1) is 15.1. The molecule has 1 aliphatic rings. The van der Waals surface area contributed by atoms with E-state index in [0.29, 0.717) is 11.7 Å². The summed E-state index contributed by atoms with van der Waals surface area (Å²) in [5.74, 6) is 1.10. The summed E-state index contributed by atoms with van der Waals surface area (Å²) >= 11 is 0. The molecule has 4 rings (SSSR count). The number of hydrogen-bond donors (Lipinski definition) is 1. The van der Waals surface area contributed by atoms with Crippen LogP contribution in [0.5, 0.6) is 11.5 Å². The molecule has 1 N–H and O–H groups in total. The van der Waals surface area contributed by atoms with Gasteiger partial charge in [-0.25, -0.2) is 4.39 Å². The average Bonchev–Trinajstić information content (AvgIpc) is 2.81. The summed E-state index contributed by atoms with van der Waals surface area (Å²) in [7, 11) is 0. The van der Waals surface area contributed by atoms with Gasteiger partial charge >= 0.3 is 0 Å². The second-order valence-corrected chi connectivity index (χ2v) is 8.30. The van der Waals surface area contributed by atoms with Crippen molar-refractivity contribution in [1.82, 2.24) is 4.90 Å². The second kappa shape index (κ2) is 9.97. The molecule has 31 heavy (non-hydrogen) atoms. The van der Waals surface area contributed by atoms with Crippen molar-refractivity contribution in [1.29, 1.82) is 0 Å². The molecule has 0 amide bonds. The van der Waals surface area contributed by atoms with Crippen LogP contribution >= 0.6 is 0 Å². The van der Waals surface area contributed by atoms with Gasteiger partial charge in [0, 0.05) is 13.1 Å². The molecular formula is C27H30FNO2. The van der Waals surface area contributed by atoms with E-state index in [4.69, 9.17) is 4.74 Å². The number of halogens is 1. The summed E-state index contributed by atoms with van der Waals surface area (Å²) in [6.45, 7) is 4.08. The van der Waals surface area contributed by atoms with Crippen LogP contribution in [0.15, 0.2) is 72.8 Å². The molecule has 0 aromatic heterocycles. The molecular weight excluding hydrogens is 389 g/mol. The molecule has 1 unspecified atom stereocenters. The Bertz CT molecular complexity index is 963. The largest absolute Gasteiger partial charge is 0.504 e. The smallest absolute Gasteiger partial charge is 0.163 e. The van der Waals surface area contributed by atoms with Crippen LogP contribution in [-0.4, -0.2) is 29.3 Å². The highest BCUT2D eigenvalue weighted by atomic mass is 19.1. The molecule has 3 nitrogen and oxygen atoms in total. The number of piperidine rings is 1. The topological polar surface area (TPSA) is 32.7 Å². The normalized spacial score (nSPS) is 16.2. The molecule has 0 spiro atoms. The third-order valence-electron chi connectivity index (χ3n) is 6.19. The number of phenols is 1. The van der Waals surface area contributed by atoms with E-state index < -0.39 is 0 Å². The van der Waals surface area contributed by atoms with Gasteiger partial charge in [0.1, 0.15) is 5.82 Å². The third kappa shape index (κ3) is 5.45. The van der Waals surface area contributed by atoms with E-state index in [9.17, 15) is 9.50 Å². The van der Waals surface area contributed by atoms with Crippen LogP contribution in [0, 0.1) is 5.82 Å². The summed E-state index contributed by atoms with van der Waals surface area (Å²) in [5, 5.41) is 10.0. The van der Waals surface area contributed by atoms with Gasteiger partial charge in [-0.05, 0) is 72.6 Å². The van der Waals surface area contributed by atoms with E-state index in [0.717, 1.165) is 44.3 Å². The second-order valence-electron chi connectivity index (χ2n) is 8.30. The lowest BCUT2D eigenvalue weighted by Crippen LogP contribution is -2.43. The summed E-state index contributed by atoms with van der Waals surface area (Å²) in [6.07, 6.45) is 3.86. The lowest BCUT2D eigenvalue weighted by Gasteiger charge is -2.37. The number of ether oxygens (including phenoxy) is 1. The molecule has 0 aliphatic carbocycles. The third-order valence-corrected chi connectivity index (χ3v) is 6.19. The number of nitrogens with zero attached hydrogens (tertiary/aromatic N) is 1. The molecule has 1 aliphatic heterocycles. The van der Waals surface area contributed by atoms with E-state index in [1.165, 1.54) is 23.3 Å². The van der Waals surface area contributed by atoms with Gasteiger partial charge in [-0.1, -0.05) is 55.5 Å². The monoisotopic (exact) mass is 419 g/mol. The van der Waals surface area contributed by atoms with Crippen molar-refractivity contribution in [2.24, 2.45) is 0 Å². The Labute approximate surface area is 184 Å². The lowest BCUT2D eigenvalue weighted by molar-refractivity contribution is 0.00465. The summed E-state index contributed by atoms with van der Waals surface area (Å²) in [5.41, 5.74) is 3.75. The first-order valence-electron chi connectivity index (χ1n) is 11.1. The van der Waals surface area contributed by atoms with Crippen LogP contribution < -0.4 is 4.74 Å². The van der Waals surface area contributed by atoms with E-state index >= 15 is 0 Å². The zero-order valence-corrected chi connectivity index (χ0v) is 18.0. The molecule has 1 atom stereocenters. The quantitative estimate of drug-likeness (QED) is 0.501. The minimum atomic E-state index is -0.193. The standard InChI is InChI=1S/C27H30FNO2/c1-2-27(31-26-6-4-3-5-25(26)30)29-17-15-23(16-18-29)22-11-7-20(8-12-22)19-21-9-13-24(28)14-10-21/h3-14,23,27,30H,2,15-19H2,1H3. The van der Waals surface area contributed by atoms with E-state index in [-0.39, 0.29) is 17.8 Å². The van der Waals surface area contributed by atoms with Gasteiger partial charge in [0.25, 0.3) is 0 Å². The van der Waals surface area contributed by atoms with Crippen molar-refractivity contribution in [2.45, 2.75) is 44.8 Å². The summed E-state index contributed by atoms with van der Waals surface area (Å²) in [4.78, 5) is 2.38. The number of hydrogen-bond acceptors (Lipinski definition) is 3. The molecule has 1 heterocycles. The maximum atomic E-state index is 13.1. The minimum Gasteiger partial charge on any atom is -0.504 e. The Kier molecular flexibility index (Phi) is 6.88. The van der Waals surface area contributed by atoms with Crippen LogP contribution in [0.3, 0.4) is 0 Å². The van der Waals surface area contributed by atoms with Crippen molar-refractivity contribution in [3.63, 3.8) is 0 Å². The molecule has 0 saturated carbocycles. The van der Waals surface area contributed by atoms with Gasteiger partial charge in [-0.15, -0.1) is 0 Å². The zero-order valence-electron chi connectivity index (χ0n) is 18.0. The maximum Gasteiger partial charge on any atom is 0.163 e. The Balaban J connectivity index is 1.32. The fourth-order valence-corrected chi connectivity index (χ4v) is 4.39. The first kappa shape index (κ1) is 21.4. The van der Waals surface area contributed by atoms with Crippen molar-refractivity contribution >= 4 is 0 Å². The van der Waals surface area contributed by atoms with Gasteiger partial charge in [-0.2, -0.15) is 0 Å². The van der Waals surface area contributed by atoms with E-state index in [1.54, 1.807) is 12.1 Å². The Morgan fingerprint density at radius 1 is 0.935 bits per heavy atom. The van der Waals surface area contributed by atoms with Gasteiger partial charge in [0.15, 0.2) is 17.7 Å². The molecule has 162 valence electrons. The van der Waals surface area contributed by atoms with Crippen molar-refractivity contribution in [2.75, 3.05) is 13.1 Å². The number of benzene rings is 3. The lowest BCUT2D eigenvalue weighted by atomic mass is 9.88. The number of aromatic hydroxyl groups is 1. The molecule has 3 aromatic rings. The van der Waals surface area contributed by atoms with Crippen LogP contribution in [0.2, 0.25) is 0 Å². The highest BCUT2D eigenvalue weighted by Crippen LogP contribution is 2.32. The van der Waals surface area contributed by atoms with Crippen molar-refractivity contribution < 1.29 is 14.2 Å². The predicted octanol–water partition coefficient (Wildman–Crippen LogP) is 6.12. The zero-order chi connectivity index (χ0) is 21.6. The number of para-hydroxylation sites is 2. The minimum absolute atomic E-state index is 0.0210. The summed E-state index contributed by atoms with van der Waals surface area (Å²) in [6, 6.07) is 22.8. The maximum absolute atomic E-state index is 13.1. The molecule has 4 heteroatoms. The van der Waals surface area contributed by atoms with Gasteiger partial charge in [0.05, 0.1) is 0 Å². The molecule has 1 saturated heterocycles. The predicted molar refractivity (Wildman–Crippen MR) is 122 cm³/mol. The number of rotatable bonds is 7. The van der Waals surface area contributed by atoms with Gasteiger partial charge in [-0.3, -0.25) is 4.90 Å². The van der Waals surface area contributed by atoms with Crippen LogP contribution in [0.25, 0.3) is 0 Å². The Hall–Kier alpha value is -2.85. The fraction of sp³-hybridized carbons (Fsp3) is 0.333. The summed E-state index contributed by atoms with van der Waals surface area (Å²) < 4.78 is 19.2. The average molecular weight is 420 g/mol. The van der Waals surface area contributed by atoms with E-state index in [2.05, 4.69) is 36.1 Å². The molecule has 3 aromatic carbocycles. The highest BCUT2D eigenvalue weighted by Gasteiger charge is 2.26. The van der Waals surface area contributed by atoms with Crippen LogP contribution in [-0.2, 0) is 6.42 Å². The molecule has 1 fully saturated rings. The number of phenolic OH excluding ortho intramolecular Hbond substituents is 1. The van der Waals surface area contributed by atoms with E-state index in [1.807, 2.05) is 24.3 Å². The van der Waals surface area contributed by atoms with Crippen LogP contribution in [0.1, 0.15) is 48.8 Å². The molecule has 0 radical (unpaired) electrons.